The number of H-pyrrole nitrogens is 1. The van der Waals surface area contributed by atoms with Crippen molar-refractivity contribution in [2.45, 2.75) is 20.4 Å². The van der Waals surface area contributed by atoms with Crippen LogP contribution in [0.3, 0.4) is 0 Å². The fourth-order valence-electron chi connectivity index (χ4n) is 2.89. The molecule has 10 heteroatoms. The van der Waals surface area contributed by atoms with E-state index in [2.05, 4.69) is 15.3 Å². The fraction of sp³-hybridized carbons (Fsp3) is 0.300. The van der Waals surface area contributed by atoms with E-state index in [1.165, 1.54) is 7.11 Å². The third kappa shape index (κ3) is 4.43. The van der Waals surface area contributed by atoms with Crippen molar-refractivity contribution in [3.05, 3.63) is 50.4 Å². The lowest BCUT2D eigenvalue weighted by Gasteiger charge is -2.10. The van der Waals surface area contributed by atoms with Crippen LogP contribution < -0.4 is 20.3 Å². The lowest BCUT2D eigenvalue weighted by atomic mass is 10.2. The molecule has 0 bridgehead atoms. The van der Waals surface area contributed by atoms with Crippen LogP contribution in [-0.2, 0) is 16.1 Å². The van der Waals surface area contributed by atoms with E-state index in [-0.39, 0.29) is 17.0 Å². The van der Waals surface area contributed by atoms with Crippen molar-refractivity contribution in [1.82, 2.24) is 15.3 Å². The number of carbonyl (C=O) groups is 2. The summed E-state index contributed by atoms with van der Waals surface area (Å²) < 4.78 is 15.5. The quantitative estimate of drug-likeness (QED) is 0.550. The number of methoxy groups -OCH3 is 2. The molecule has 0 radical (unpaired) electrons. The van der Waals surface area contributed by atoms with E-state index in [1.54, 1.807) is 39.2 Å². The number of esters is 1. The van der Waals surface area contributed by atoms with Crippen LogP contribution in [0.4, 0.5) is 0 Å². The standard InChI is InChI=1S/C20H21N3O6S/c1-10-16-18(25)22-11(2)23-19(16)30-17(10)20(26)29-9-15(24)21-8-12-5-6-13(27-3)14(7-12)28-4/h5-7H,8-9H2,1-4H3,(H,21,24)(H,22,23,25). The number of aromatic nitrogens is 2. The number of hydrogen-bond donors (Lipinski definition) is 2. The van der Waals surface area contributed by atoms with E-state index in [1.807, 2.05) is 0 Å². The molecule has 2 heterocycles. The number of nitrogens with zero attached hydrogens (tertiary/aromatic N) is 1. The van der Waals surface area contributed by atoms with Crippen molar-refractivity contribution in [2.24, 2.45) is 0 Å². The molecular formula is C20H21N3O6S. The van der Waals surface area contributed by atoms with Crippen molar-refractivity contribution >= 4 is 33.4 Å². The minimum atomic E-state index is -0.672. The van der Waals surface area contributed by atoms with E-state index >= 15 is 0 Å². The number of aromatic amines is 1. The van der Waals surface area contributed by atoms with Crippen molar-refractivity contribution < 1.29 is 23.8 Å². The first-order valence-corrected chi connectivity index (χ1v) is 9.80. The zero-order valence-corrected chi connectivity index (χ0v) is 17.8. The fourth-order valence-corrected chi connectivity index (χ4v) is 4.01. The summed E-state index contributed by atoms with van der Waals surface area (Å²) in [5, 5.41) is 3.03. The summed E-state index contributed by atoms with van der Waals surface area (Å²) in [6.45, 7) is 3.11. The highest BCUT2D eigenvalue weighted by atomic mass is 32.1. The maximum atomic E-state index is 12.4. The summed E-state index contributed by atoms with van der Waals surface area (Å²) in [4.78, 5) is 44.1. The molecular weight excluding hydrogens is 410 g/mol. The van der Waals surface area contributed by atoms with Crippen LogP contribution in [0.15, 0.2) is 23.0 Å². The first-order valence-electron chi connectivity index (χ1n) is 8.98. The summed E-state index contributed by atoms with van der Waals surface area (Å²) in [5.74, 6) is 0.472. The van der Waals surface area contributed by atoms with Gasteiger partial charge in [-0.05, 0) is 37.1 Å². The van der Waals surface area contributed by atoms with E-state index in [0.29, 0.717) is 33.1 Å². The highest BCUT2D eigenvalue weighted by Crippen LogP contribution is 2.28. The predicted octanol–water partition coefficient (Wildman–Crippen LogP) is 2.09. The van der Waals surface area contributed by atoms with Crippen LogP contribution in [0, 0.1) is 13.8 Å². The van der Waals surface area contributed by atoms with Crippen LogP contribution >= 0.6 is 11.3 Å². The molecule has 0 unspecified atom stereocenters. The van der Waals surface area contributed by atoms with Crippen molar-refractivity contribution in [2.75, 3.05) is 20.8 Å². The molecule has 0 saturated heterocycles. The van der Waals surface area contributed by atoms with Gasteiger partial charge in [0.1, 0.15) is 15.5 Å². The average molecular weight is 431 g/mol. The molecule has 0 aliphatic rings. The van der Waals surface area contributed by atoms with Gasteiger partial charge in [0.25, 0.3) is 11.5 Å². The second-order valence-corrected chi connectivity index (χ2v) is 7.43. The van der Waals surface area contributed by atoms with E-state index in [9.17, 15) is 14.4 Å². The Morgan fingerprint density at radius 1 is 1.17 bits per heavy atom. The number of fused-ring (bicyclic) bond motifs is 1. The molecule has 0 saturated carbocycles. The second-order valence-electron chi connectivity index (χ2n) is 6.43. The third-order valence-electron chi connectivity index (χ3n) is 4.38. The molecule has 1 amide bonds. The number of ether oxygens (including phenoxy) is 3. The lowest BCUT2D eigenvalue weighted by molar-refractivity contribution is -0.124. The molecule has 0 atom stereocenters. The summed E-state index contributed by atoms with van der Waals surface area (Å²) in [5.41, 5.74) is 0.978. The van der Waals surface area contributed by atoms with Gasteiger partial charge in [-0.1, -0.05) is 6.07 Å². The Bertz CT molecular complexity index is 1170. The Morgan fingerprint density at radius 2 is 1.90 bits per heavy atom. The van der Waals surface area contributed by atoms with E-state index in [0.717, 1.165) is 16.9 Å². The Hall–Kier alpha value is -3.40. The van der Waals surface area contributed by atoms with Gasteiger partial charge in [0.2, 0.25) is 0 Å². The number of amides is 1. The average Bonchev–Trinajstić information content (AvgIpc) is 3.06. The van der Waals surface area contributed by atoms with E-state index in [4.69, 9.17) is 14.2 Å². The molecule has 2 N–H and O–H groups in total. The van der Waals surface area contributed by atoms with Crippen LogP contribution in [0.5, 0.6) is 11.5 Å². The first-order chi connectivity index (χ1) is 14.3. The van der Waals surface area contributed by atoms with Gasteiger partial charge in [-0.25, -0.2) is 9.78 Å². The SMILES string of the molecule is COc1ccc(CNC(=O)COC(=O)c2sc3nc(C)[nH]c(=O)c3c2C)cc1OC. The summed E-state index contributed by atoms with van der Waals surface area (Å²) in [6, 6.07) is 5.28. The lowest BCUT2D eigenvalue weighted by Crippen LogP contribution is -2.28. The predicted molar refractivity (Wildman–Crippen MR) is 111 cm³/mol. The van der Waals surface area contributed by atoms with Gasteiger partial charge in [0.15, 0.2) is 18.1 Å². The van der Waals surface area contributed by atoms with Crippen molar-refractivity contribution in [3.8, 4) is 11.5 Å². The van der Waals surface area contributed by atoms with Gasteiger partial charge in [-0.3, -0.25) is 9.59 Å². The Labute approximate surface area is 176 Å². The van der Waals surface area contributed by atoms with Crippen LogP contribution in [-0.4, -0.2) is 42.7 Å². The Morgan fingerprint density at radius 3 is 2.60 bits per heavy atom. The number of hydrogen-bond acceptors (Lipinski definition) is 8. The Kier molecular flexibility index (Phi) is 6.36. The summed E-state index contributed by atoms with van der Waals surface area (Å²) in [6.07, 6.45) is 0. The zero-order chi connectivity index (χ0) is 21.8. The van der Waals surface area contributed by atoms with Gasteiger partial charge in [0, 0.05) is 6.54 Å². The first kappa shape index (κ1) is 21.3. The number of nitrogens with one attached hydrogen (secondary N) is 2. The monoisotopic (exact) mass is 431 g/mol. The van der Waals surface area contributed by atoms with E-state index < -0.39 is 18.5 Å². The number of thiophene rings is 1. The molecule has 0 fully saturated rings. The van der Waals surface area contributed by atoms with Crippen LogP contribution in [0.2, 0.25) is 0 Å². The zero-order valence-electron chi connectivity index (χ0n) is 17.0. The number of benzene rings is 1. The molecule has 158 valence electrons. The maximum Gasteiger partial charge on any atom is 0.349 e. The molecule has 0 aliphatic heterocycles. The van der Waals surface area contributed by atoms with Gasteiger partial charge in [0.05, 0.1) is 19.6 Å². The second kappa shape index (κ2) is 8.95. The molecule has 3 rings (SSSR count). The maximum absolute atomic E-state index is 12.4. The normalized spacial score (nSPS) is 10.7. The topological polar surface area (TPSA) is 120 Å². The van der Waals surface area contributed by atoms with Gasteiger partial charge < -0.3 is 24.5 Å². The summed E-state index contributed by atoms with van der Waals surface area (Å²) in [7, 11) is 3.07. The number of carbonyl (C=O) groups excluding carboxylic acids is 2. The van der Waals surface area contributed by atoms with Crippen molar-refractivity contribution in [3.63, 3.8) is 0 Å². The Balaban J connectivity index is 1.61. The highest BCUT2D eigenvalue weighted by molar-refractivity contribution is 7.20. The molecule has 2 aromatic heterocycles. The smallest absolute Gasteiger partial charge is 0.349 e. The van der Waals surface area contributed by atoms with Crippen molar-refractivity contribution in [1.29, 1.82) is 0 Å². The third-order valence-corrected chi connectivity index (χ3v) is 5.54. The molecule has 0 aliphatic carbocycles. The molecule has 30 heavy (non-hydrogen) atoms. The van der Waals surface area contributed by atoms with Gasteiger partial charge in [-0.15, -0.1) is 11.3 Å². The largest absolute Gasteiger partial charge is 0.493 e. The minimum absolute atomic E-state index is 0.233. The molecule has 3 aromatic rings. The number of aryl methyl sites for hydroxylation is 2. The van der Waals surface area contributed by atoms with Gasteiger partial charge >= 0.3 is 5.97 Å². The highest BCUT2D eigenvalue weighted by Gasteiger charge is 2.20. The van der Waals surface area contributed by atoms with Gasteiger partial charge in [-0.2, -0.15) is 0 Å². The molecule has 1 aromatic carbocycles. The van der Waals surface area contributed by atoms with Crippen LogP contribution in [0.25, 0.3) is 10.2 Å². The number of rotatable bonds is 7. The minimum Gasteiger partial charge on any atom is -0.493 e. The summed E-state index contributed by atoms with van der Waals surface area (Å²) >= 11 is 1.07. The molecule has 9 nitrogen and oxygen atoms in total. The van der Waals surface area contributed by atoms with Crippen LogP contribution in [0.1, 0.15) is 26.6 Å². The molecule has 0 spiro atoms.